The highest BCUT2D eigenvalue weighted by molar-refractivity contribution is 5.72. The fraction of sp³-hybridized carbons (Fsp3) is 0.833. The molecule has 0 N–H and O–H groups in total. The van der Waals surface area contributed by atoms with Crippen LogP contribution in [0, 0.1) is 17.8 Å². The largest absolute Gasteiger partial charge is 0.447 e. The maximum Gasteiger partial charge on any atom is 0.410 e. The van der Waals surface area contributed by atoms with Gasteiger partial charge in [-0.05, 0) is 24.7 Å². The first-order valence-corrected chi connectivity index (χ1v) is 6.20. The van der Waals surface area contributed by atoms with Crippen LogP contribution in [0.3, 0.4) is 0 Å². The molecule has 88 valence electrons. The lowest BCUT2D eigenvalue weighted by Gasteiger charge is -2.45. The Morgan fingerprint density at radius 1 is 1.31 bits per heavy atom. The molecule has 4 nitrogen and oxygen atoms in total. The predicted octanol–water partition coefficient (Wildman–Crippen LogP) is 1.44. The molecule has 0 aromatic carbocycles. The SMILES string of the molecule is O=CC1C2CCCCC2CN2C(=O)OC[C@H]12. The first-order valence-electron chi connectivity index (χ1n) is 6.20. The molecule has 2 heterocycles. The van der Waals surface area contributed by atoms with E-state index >= 15 is 0 Å². The summed E-state index contributed by atoms with van der Waals surface area (Å²) in [7, 11) is 0. The van der Waals surface area contributed by atoms with Gasteiger partial charge in [0, 0.05) is 12.5 Å². The van der Waals surface area contributed by atoms with Crippen LogP contribution in [0.2, 0.25) is 0 Å². The van der Waals surface area contributed by atoms with Gasteiger partial charge in [0.15, 0.2) is 0 Å². The molecule has 0 spiro atoms. The number of carbonyl (C=O) groups is 2. The van der Waals surface area contributed by atoms with Crippen molar-refractivity contribution in [1.29, 1.82) is 0 Å². The number of fused-ring (bicyclic) bond motifs is 2. The zero-order chi connectivity index (χ0) is 11.1. The standard InChI is InChI=1S/C12H17NO3/c14-6-10-9-4-2-1-3-8(9)5-13-11(10)7-16-12(13)15/h6,8-11H,1-5,7H2/t8?,9?,10?,11-/m1/s1. The molecule has 1 amide bonds. The summed E-state index contributed by atoms with van der Waals surface area (Å²) >= 11 is 0. The van der Waals surface area contributed by atoms with E-state index in [2.05, 4.69) is 0 Å². The number of nitrogens with zero attached hydrogens (tertiary/aromatic N) is 1. The second-order valence-corrected chi connectivity index (χ2v) is 5.22. The molecule has 3 aliphatic rings. The zero-order valence-corrected chi connectivity index (χ0v) is 9.30. The molecule has 3 rings (SSSR count). The molecule has 1 saturated carbocycles. The van der Waals surface area contributed by atoms with Crippen LogP contribution < -0.4 is 0 Å². The van der Waals surface area contributed by atoms with E-state index in [-0.39, 0.29) is 18.1 Å². The summed E-state index contributed by atoms with van der Waals surface area (Å²) in [6.45, 7) is 1.21. The van der Waals surface area contributed by atoms with Crippen LogP contribution in [-0.4, -0.2) is 36.5 Å². The van der Waals surface area contributed by atoms with E-state index in [9.17, 15) is 9.59 Å². The predicted molar refractivity (Wildman–Crippen MR) is 56.8 cm³/mol. The second kappa shape index (κ2) is 3.75. The van der Waals surface area contributed by atoms with E-state index in [1.54, 1.807) is 4.90 Å². The van der Waals surface area contributed by atoms with Crippen LogP contribution in [-0.2, 0) is 9.53 Å². The molecule has 3 unspecified atom stereocenters. The van der Waals surface area contributed by atoms with Crippen molar-refractivity contribution in [3.05, 3.63) is 0 Å². The van der Waals surface area contributed by atoms with Gasteiger partial charge in [-0.2, -0.15) is 0 Å². The fourth-order valence-corrected chi connectivity index (χ4v) is 3.69. The normalized spacial score (nSPS) is 42.2. The van der Waals surface area contributed by atoms with Crippen LogP contribution in [0.25, 0.3) is 0 Å². The topological polar surface area (TPSA) is 46.6 Å². The van der Waals surface area contributed by atoms with E-state index < -0.39 is 0 Å². The van der Waals surface area contributed by atoms with Gasteiger partial charge < -0.3 is 14.4 Å². The summed E-state index contributed by atoms with van der Waals surface area (Å²) in [6.07, 6.45) is 5.61. The van der Waals surface area contributed by atoms with Crippen LogP contribution in [0.15, 0.2) is 0 Å². The third kappa shape index (κ3) is 1.35. The summed E-state index contributed by atoms with van der Waals surface area (Å²) in [5.74, 6) is 1.01. The maximum atomic E-state index is 11.5. The Labute approximate surface area is 94.9 Å². The van der Waals surface area contributed by atoms with Crippen molar-refractivity contribution >= 4 is 12.4 Å². The van der Waals surface area contributed by atoms with Crippen LogP contribution in [0.4, 0.5) is 4.79 Å². The summed E-state index contributed by atoms with van der Waals surface area (Å²) in [5.41, 5.74) is 0. The number of ether oxygens (including phenoxy) is 1. The molecule has 2 saturated heterocycles. The summed E-state index contributed by atoms with van der Waals surface area (Å²) in [4.78, 5) is 24.6. The molecule has 0 aromatic heterocycles. The van der Waals surface area contributed by atoms with E-state index in [1.165, 1.54) is 12.8 Å². The minimum Gasteiger partial charge on any atom is -0.447 e. The number of hydrogen-bond donors (Lipinski definition) is 0. The van der Waals surface area contributed by atoms with Gasteiger partial charge in [-0.3, -0.25) is 0 Å². The van der Waals surface area contributed by atoms with Crippen molar-refractivity contribution in [2.45, 2.75) is 31.7 Å². The number of amides is 1. The van der Waals surface area contributed by atoms with Crippen molar-refractivity contribution in [1.82, 2.24) is 4.90 Å². The fourth-order valence-electron chi connectivity index (χ4n) is 3.69. The Morgan fingerprint density at radius 2 is 2.12 bits per heavy atom. The number of rotatable bonds is 1. The zero-order valence-electron chi connectivity index (χ0n) is 9.30. The molecular weight excluding hydrogens is 206 g/mol. The van der Waals surface area contributed by atoms with Gasteiger partial charge in [0.05, 0.1) is 6.04 Å². The minimum absolute atomic E-state index is 0.00509. The lowest BCUT2D eigenvalue weighted by atomic mass is 9.67. The first kappa shape index (κ1) is 10.1. The molecule has 0 aromatic rings. The molecule has 4 atom stereocenters. The molecule has 4 heteroatoms. The van der Waals surface area contributed by atoms with Gasteiger partial charge in [-0.25, -0.2) is 4.79 Å². The maximum absolute atomic E-state index is 11.5. The van der Waals surface area contributed by atoms with Crippen LogP contribution in [0.1, 0.15) is 25.7 Å². The molecule has 16 heavy (non-hydrogen) atoms. The molecule has 3 fully saturated rings. The van der Waals surface area contributed by atoms with Crippen LogP contribution in [0.5, 0.6) is 0 Å². The highest BCUT2D eigenvalue weighted by atomic mass is 16.6. The van der Waals surface area contributed by atoms with Crippen molar-refractivity contribution in [3.63, 3.8) is 0 Å². The summed E-state index contributed by atoms with van der Waals surface area (Å²) in [6, 6.07) is 0.0179. The molecule has 1 aliphatic carbocycles. The van der Waals surface area contributed by atoms with Crippen LogP contribution >= 0.6 is 0 Å². The number of carbonyl (C=O) groups excluding carboxylic acids is 2. The van der Waals surface area contributed by atoms with Crippen molar-refractivity contribution in [2.75, 3.05) is 13.2 Å². The monoisotopic (exact) mass is 223 g/mol. The lowest BCUT2D eigenvalue weighted by Crippen LogP contribution is -2.53. The van der Waals surface area contributed by atoms with E-state index in [0.717, 1.165) is 25.7 Å². The number of aldehydes is 1. The van der Waals surface area contributed by atoms with Crippen molar-refractivity contribution in [3.8, 4) is 0 Å². The summed E-state index contributed by atoms with van der Waals surface area (Å²) < 4.78 is 5.07. The van der Waals surface area contributed by atoms with Gasteiger partial charge >= 0.3 is 6.09 Å². The van der Waals surface area contributed by atoms with Gasteiger partial charge in [0.2, 0.25) is 0 Å². The second-order valence-electron chi connectivity index (χ2n) is 5.22. The average molecular weight is 223 g/mol. The van der Waals surface area contributed by atoms with Gasteiger partial charge in [0.1, 0.15) is 12.9 Å². The smallest absolute Gasteiger partial charge is 0.410 e. The van der Waals surface area contributed by atoms with E-state index in [4.69, 9.17) is 4.74 Å². The lowest BCUT2D eigenvalue weighted by molar-refractivity contribution is -0.118. The molecule has 0 bridgehead atoms. The van der Waals surface area contributed by atoms with Crippen molar-refractivity contribution < 1.29 is 14.3 Å². The first-order chi connectivity index (χ1) is 7.81. The Hall–Kier alpha value is -1.06. The minimum atomic E-state index is -0.221. The third-order valence-electron chi connectivity index (χ3n) is 4.51. The average Bonchev–Trinajstić information content (AvgIpc) is 2.68. The van der Waals surface area contributed by atoms with Gasteiger partial charge in [-0.15, -0.1) is 0 Å². The molecular formula is C12H17NO3. The van der Waals surface area contributed by atoms with Gasteiger partial charge in [-0.1, -0.05) is 12.8 Å². The number of piperidine rings is 1. The Balaban J connectivity index is 1.87. The highest BCUT2D eigenvalue weighted by Gasteiger charge is 2.49. The molecule has 0 radical (unpaired) electrons. The molecule has 2 aliphatic heterocycles. The highest BCUT2D eigenvalue weighted by Crippen LogP contribution is 2.43. The Kier molecular flexibility index (Phi) is 2.37. The van der Waals surface area contributed by atoms with Crippen molar-refractivity contribution in [2.24, 2.45) is 17.8 Å². The summed E-state index contributed by atoms with van der Waals surface area (Å²) in [5, 5.41) is 0. The van der Waals surface area contributed by atoms with Gasteiger partial charge in [0.25, 0.3) is 0 Å². The number of cyclic esters (lactones) is 1. The third-order valence-corrected chi connectivity index (χ3v) is 4.51. The quantitative estimate of drug-likeness (QED) is 0.632. The number of hydrogen-bond acceptors (Lipinski definition) is 3. The Bertz CT molecular complexity index is 317. The van der Waals surface area contributed by atoms with E-state index in [0.29, 0.717) is 18.4 Å². The van der Waals surface area contributed by atoms with E-state index in [1.807, 2.05) is 0 Å². The Morgan fingerprint density at radius 3 is 2.94 bits per heavy atom.